The zero-order valence-electron chi connectivity index (χ0n) is 14.8. The molecule has 0 aliphatic rings. The average Bonchev–Trinajstić information content (AvgIpc) is 3.03. The fraction of sp³-hybridized carbons (Fsp3) is 0.267. The van der Waals surface area contributed by atoms with Gasteiger partial charge in [0.05, 0.1) is 12.3 Å². The molecule has 1 N–H and O–H groups in total. The smallest absolute Gasteiger partial charge is 0.351 e. The minimum atomic E-state index is -0.876. The summed E-state index contributed by atoms with van der Waals surface area (Å²) >= 11 is 0. The van der Waals surface area contributed by atoms with Crippen molar-refractivity contribution in [2.75, 3.05) is 11.9 Å². The second-order valence-electron chi connectivity index (χ2n) is 5.41. The molecule has 0 radical (unpaired) electrons. The van der Waals surface area contributed by atoms with Crippen molar-refractivity contribution in [3.63, 3.8) is 0 Å². The van der Waals surface area contributed by atoms with Crippen molar-refractivity contribution in [1.82, 2.24) is 34.6 Å². The quantitative estimate of drug-likeness (QED) is 0.608. The summed E-state index contributed by atoms with van der Waals surface area (Å²) in [6.45, 7) is 2.24. The van der Waals surface area contributed by atoms with E-state index in [-0.39, 0.29) is 11.6 Å². The first kappa shape index (κ1) is 18.0. The molecular formula is C15H16N8O4. The second kappa shape index (κ2) is 7.19. The van der Waals surface area contributed by atoms with Crippen LogP contribution in [0.5, 0.6) is 5.75 Å². The van der Waals surface area contributed by atoms with Gasteiger partial charge in [-0.2, -0.15) is 5.10 Å². The first-order valence-electron chi connectivity index (χ1n) is 7.89. The lowest BCUT2D eigenvalue weighted by Crippen LogP contribution is -2.43. The Kier molecular flexibility index (Phi) is 4.79. The van der Waals surface area contributed by atoms with Crippen molar-refractivity contribution in [2.24, 2.45) is 14.1 Å². The van der Waals surface area contributed by atoms with Gasteiger partial charge in [0, 0.05) is 20.2 Å². The summed E-state index contributed by atoms with van der Waals surface area (Å²) in [6.07, 6.45) is 0. The lowest BCUT2D eigenvalue weighted by atomic mass is 10.3. The van der Waals surface area contributed by atoms with Crippen molar-refractivity contribution in [3.05, 3.63) is 50.8 Å². The molecule has 3 rings (SSSR count). The Morgan fingerprint density at radius 1 is 1.22 bits per heavy atom. The molecule has 3 aromatic rings. The Balaban J connectivity index is 2.10. The molecule has 12 nitrogen and oxygen atoms in total. The van der Waals surface area contributed by atoms with Gasteiger partial charge in [0.1, 0.15) is 5.75 Å². The summed E-state index contributed by atoms with van der Waals surface area (Å²) in [5, 5.41) is 16.7. The first-order valence-corrected chi connectivity index (χ1v) is 7.89. The van der Waals surface area contributed by atoms with Crippen LogP contribution in [-0.4, -0.2) is 47.1 Å². The zero-order valence-corrected chi connectivity index (χ0v) is 14.8. The lowest BCUT2D eigenvalue weighted by Gasteiger charge is -2.10. The van der Waals surface area contributed by atoms with Crippen LogP contribution in [0.4, 0.5) is 5.95 Å². The highest BCUT2D eigenvalue weighted by Gasteiger charge is 2.21. The Bertz CT molecular complexity index is 1110. The number of ether oxygens (including phenoxy) is 1. The van der Waals surface area contributed by atoms with Gasteiger partial charge in [0.25, 0.3) is 11.5 Å². The maximum absolute atomic E-state index is 12.8. The van der Waals surface area contributed by atoms with Gasteiger partial charge < -0.3 is 4.74 Å². The van der Waals surface area contributed by atoms with Crippen molar-refractivity contribution in [2.45, 2.75) is 6.92 Å². The van der Waals surface area contributed by atoms with Crippen LogP contribution < -0.4 is 21.3 Å². The Morgan fingerprint density at radius 2 is 2.00 bits per heavy atom. The summed E-state index contributed by atoms with van der Waals surface area (Å²) in [5.74, 6) is -0.333. The summed E-state index contributed by atoms with van der Waals surface area (Å²) in [5.41, 5.74) is -1.81. The molecule has 0 spiro atoms. The van der Waals surface area contributed by atoms with Gasteiger partial charge in [0.2, 0.25) is 11.6 Å². The predicted molar refractivity (Wildman–Crippen MR) is 93.0 cm³/mol. The number of benzene rings is 1. The number of aromatic nitrogens is 7. The predicted octanol–water partition coefficient (Wildman–Crippen LogP) is -0.894. The summed E-state index contributed by atoms with van der Waals surface area (Å²) in [6, 6.07) is 6.41. The highest BCUT2D eigenvalue weighted by molar-refractivity contribution is 6.01. The third-order valence-corrected chi connectivity index (χ3v) is 3.57. The van der Waals surface area contributed by atoms with Crippen LogP contribution in [0.1, 0.15) is 17.4 Å². The molecule has 0 saturated carbocycles. The Morgan fingerprint density at radius 3 is 2.67 bits per heavy atom. The molecule has 0 saturated heterocycles. The average molecular weight is 372 g/mol. The molecule has 2 aromatic heterocycles. The highest BCUT2D eigenvalue weighted by Crippen LogP contribution is 2.14. The van der Waals surface area contributed by atoms with Crippen molar-refractivity contribution in [1.29, 1.82) is 0 Å². The number of hydrogen-bond acceptors (Lipinski definition) is 8. The summed E-state index contributed by atoms with van der Waals surface area (Å²) < 4.78 is 8.36. The maximum Gasteiger partial charge on any atom is 0.351 e. The molecule has 12 heteroatoms. The lowest BCUT2D eigenvalue weighted by molar-refractivity contribution is 0.101. The third-order valence-electron chi connectivity index (χ3n) is 3.57. The van der Waals surface area contributed by atoms with Crippen molar-refractivity contribution >= 4 is 11.9 Å². The molecule has 0 aliphatic heterocycles. The number of hydrogen-bond donors (Lipinski definition) is 1. The van der Waals surface area contributed by atoms with E-state index in [9.17, 15) is 14.4 Å². The van der Waals surface area contributed by atoms with Gasteiger partial charge in [-0.25, -0.2) is 18.7 Å². The zero-order chi connectivity index (χ0) is 19.6. The van der Waals surface area contributed by atoms with Crippen LogP contribution in [0.3, 0.4) is 0 Å². The molecule has 2 heterocycles. The monoisotopic (exact) mass is 372 g/mol. The number of carbonyl (C=O) groups is 1. The second-order valence-corrected chi connectivity index (χ2v) is 5.41. The summed E-state index contributed by atoms with van der Waals surface area (Å²) in [4.78, 5) is 37.7. The molecule has 0 unspecified atom stereocenters. The van der Waals surface area contributed by atoms with Gasteiger partial charge in [-0.1, -0.05) is 11.2 Å². The SMILES string of the molecule is CCOc1cccc(-n2c(=O)c(C(=O)Nc3nnnn3C)nn(C)c2=O)c1. The van der Waals surface area contributed by atoms with Crippen molar-refractivity contribution in [3.8, 4) is 11.4 Å². The molecule has 0 bridgehead atoms. The number of carbonyl (C=O) groups excluding carboxylic acids is 1. The number of aryl methyl sites for hydroxylation is 2. The van der Waals surface area contributed by atoms with Crippen LogP contribution >= 0.6 is 0 Å². The number of nitrogens with one attached hydrogen (secondary N) is 1. The van der Waals surface area contributed by atoms with E-state index in [0.29, 0.717) is 12.4 Å². The third kappa shape index (κ3) is 3.44. The van der Waals surface area contributed by atoms with E-state index in [1.54, 1.807) is 18.2 Å². The summed E-state index contributed by atoms with van der Waals surface area (Å²) in [7, 11) is 2.85. The fourth-order valence-corrected chi connectivity index (χ4v) is 2.32. The van der Waals surface area contributed by atoms with E-state index >= 15 is 0 Å². The molecule has 1 amide bonds. The maximum atomic E-state index is 12.8. The van der Waals surface area contributed by atoms with E-state index in [0.717, 1.165) is 9.25 Å². The van der Waals surface area contributed by atoms with Gasteiger partial charge >= 0.3 is 5.69 Å². The highest BCUT2D eigenvalue weighted by atomic mass is 16.5. The first-order chi connectivity index (χ1) is 12.9. The van der Waals surface area contributed by atoms with Gasteiger partial charge in [-0.15, -0.1) is 0 Å². The molecule has 140 valence electrons. The van der Waals surface area contributed by atoms with Gasteiger partial charge in [-0.05, 0) is 29.5 Å². The van der Waals surface area contributed by atoms with Crippen LogP contribution in [0.15, 0.2) is 33.9 Å². The molecule has 0 aliphatic carbocycles. The molecular weight excluding hydrogens is 356 g/mol. The van der Waals surface area contributed by atoms with Crippen LogP contribution in [-0.2, 0) is 14.1 Å². The van der Waals surface area contributed by atoms with E-state index in [4.69, 9.17) is 4.74 Å². The van der Waals surface area contributed by atoms with E-state index < -0.39 is 22.9 Å². The number of amides is 1. The number of tetrazole rings is 1. The minimum absolute atomic E-state index is 0.0277. The molecule has 0 fully saturated rings. The standard InChI is InChI=1S/C15H16N8O4/c1-4-27-10-7-5-6-9(8-10)23-13(25)11(18-22(3)15(23)26)12(24)16-14-17-19-20-21(14)2/h5-8H,4H2,1-3H3,(H,16,17,20,24). The van der Waals surface area contributed by atoms with E-state index in [1.807, 2.05) is 6.92 Å². The Hall–Kier alpha value is -3.83. The largest absolute Gasteiger partial charge is 0.494 e. The van der Waals surface area contributed by atoms with Gasteiger partial charge in [0.15, 0.2) is 0 Å². The minimum Gasteiger partial charge on any atom is -0.494 e. The van der Waals surface area contributed by atoms with Crippen LogP contribution in [0.2, 0.25) is 0 Å². The number of nitrogens with zero attached hydrogens (tertiary/aromatic N) is 7. The molecule has 1 aromatic carbocycles. The fourth-order valence-electron chi connectivity index (χ4n) is 2.32. The normalized spacial score (nSPS) is 10.6. The van der Waals surface area contributed by atoms with E-state index in [2.05, 4.69) is 25.9 Å². The number of rotatable bonds is 5. The number of anilines is 1. The Labute approximate surface area is 152 Å². The van der Waals surface area contributed by atoms with E-state index in [1.165, 1.54) is 24.8 Å². The molecule has 27 heavy (non-hydrogen) atoms. The molecule has 0 atom stereocenters. The van der Waals surface area contributed by atoms with Crippen LogP contribution in [0, 0.1) is 0 Å². The van der Waals surface area contributed by atoms with Crippen molar-refractivity contribution < 1.29 is 9.53 Å². The van der Waals surface area contributed by atoms with Crippen LogP contribution in [0.25, 0.3) is 5.69 Å². The van der Waals surface area contributed by atoms with Gasteiger partial charge in [-0.3, -0.25) is 14.9 Å². The topological polar surface area (TPSA) is 139 Å².